The molecule has 1 aliphatic carbocycles. The lowest BCUT2D eigenvalue weighted by atomic mass is 9.75. The topological polar surface area (TPSA) is 147 Å². The monoisotopic (exact) mass is 209 g/mol. The highest BCUT2D eigenvalue weighted by Gasteiger charge is 2.56. The summed E-state index contributed by atoms with van der Waals surface area (Å²) in [7, 11) is 0. The maximum atomic E-state index is 9.62. The molecule has 0 heterocycles. The molecule has 0 aliphatic heterocycles. The molecule has 1 aliphatic rings. The molecule has 0 aromatic heterocycles. The van der Waals surface area contributed by atoms with E-state index in [0.717, 1.165) is 0 Å². The number of nitrogens with two attached hydrogens (primary N) is 1. The van der Waals surface area contributed by atoms with E-state index in [1.165, 1.54) is 0 Å². The van der Waals surface area contributed by atoms with Gasteiger partial charge in [-0.25, -0.2) is 0 Å². The summed E-state index contributed by atoms with van der Waals surface area (Å²) in [5.41, 5.74) is 2.90. The average Bonchev–Trinajstić information content (AvgIpc) is 2.21. The Bertz CT molecular complexity index is 196. The first-order chi connectivity index (χ1) is 6.36. The van der Waals surface area contributed by atoms with E-state index in [1.807, 2.05) is 0 Å². The van der Waals surface area contributed by atoms with Gasteiger partial charge in [0, 0.05) is 6.54 Å². The van der Waals surface area contributed by atoms with Crippen LogP contribution < -0.4 is 5.73 Å². The first-order valence-corrected chi connectivity index (χ1v) is 4.19. The van der Waals surface area contributed by atoms with Gasteiger partial charge in [-0.2, -0.15) is 0 Å². The summed E-state index contributed by atoms with van der Waals surface area (Å²) in [5, 5.41) is 55.9. The van der Waals surface area contributed by atoms with Crippen molar-refractivity contribution in [3.63, 3.8) is 0 Å². The zero-order valence-corrected chi connectivity index (χ0v) is 7.35. The molecule has 0 aromatic rings. The van der Waals surface area contributed by atoms with Crippen molar-refractivity contribution in [2.24, 2.45) is 5.73 Å². The van der Waals surface area contributed by atoms with E-state index < -0.39 is 42.7 Å². The van der Waals surface area contributed by atoms with Crippen molar-refractivity contribution in [1.82, 2.24) is 0 Å². The number of hydrogen-bond acceptors (Lipinski definition) is 7. The maximum Gasteiger partial charge on any atom is 0.134 e. The van der Waals surface area contributed by atoms with Gasteiger partial charge in [0.25, 0.3) is 0 Å². The third-order valence-electron chi connectivity index (χ3n) is 2.70. The van der Waals surface area contributed by atoms with E-state index in [-0.39, 0.29) is 0 Å². The molecule has 8 N–H and O–H groups in total. The Balaban J connectivity index is 2.98. The summed E-state index contributed by atoms with van der Waals surface area (Å²) in [6.07, 6.45) is -8.82. The van der Waals surface area contributed by atoms with Gasteiger partial charge >= 0.3 is 0 Å². The van der Waals surface area contributed by atoms with Gasteiger partial charge in [0.15, 0.2) is 0 Å². The standard InChI is InChI=1S/C7H15NO6/c8-1-7(14)5(12)3(10)2(9)4(11)6(7)13/h2-6,9-14H,1,8H2/t2?,3-,4+,5+,6-,7?. The molecule has 0 aromatic carbocycles. The second kappa shape index (κ2) is 3.70. The fraction of sp³-hybridized carbons (Fsp3) is 1.00. The molecule has 1 fully saturated rings. The van der Waals surface area contributed by atoms with Gasteiger partial charge in [-0.3, -0.25) is 0 Å². The van der Waals surface area contributed by atoms with Crippen LogP contribution in [0.4, 0.5) is 0 Å². The zero-order valence-electron chi connectivity index (χ0n) is 7.35. The van der Waals surface area contributed by atoms with E-state index in [0.29, 0.717) is 0 Å². The largest absolute Gasteiger partial charge is 0.387 e. The fourth-order valence-electron chi connectivity index (χ4n) is 1.58. The lowest BCUT2D eigenvalue weighted by Crippen LogP contribution is -2.73. The molecular formula is C7H15NO6. The van der Waals surface area contributed by atoms with E-state index in [9.17, 15) is 25.5 Å². The minimum absolute atomic E-state index is 0.545. The first-order valence-electron chi connectivity index (χ1n) is 4.19. The molecule has 0 bridgehead atoms. The number of hydrogen-bond donors (Lipinski definition) is 7. The fourth-order valence-corrected chi connectivity index (χ4v) is 1.58. The number of aliphatic hydroxyl groups is 6. The lowest BCUT2D eigenvalue weighted by Gasteiger charge is -2.47. The Morgan fingerprint density at radius 2 is 1.21 bits per heavy atom. The highest BCUT2D eigenvalue weighted by Crippen LogP contribution is 2.29. The van der Waals surface area contributed by atoms with Gasteiger partial charge < -0.3 is 36.4 Å². The van der Waals surface area contributed by atoms with Gasteiger partial charge in [-0.15, -0.1) is 0 Å². The van der Waals surface area contributed by atoms with Crippen molar-refractivity contribution in [2.75, 3.05) is 6.54 Å². The van der Waals surface area contributed by atoms with Gasteiger partial charge in [0.1, 0.15) is 36.1 Å². The molecule has 7 nitrogen and oxygen atoms in total. The second-order valence-electron chi connectivity index (χ2n) is 3.56. The minimum atomic E-state index is -2.21. The summed E-state index contributed by atoms with van der Waals surface area (Å²) in [4.78, 5) is 0. The molecule has 14 heavy (non-hydrogen) atoms. The van der Waals surface area contributed by atoms with Crippen molar-refractivity contribution >= 4 is 0 Å². The van der Waals surface area contributed by atoms with Crippen LogP contribution in [0.15, 0.2) is 0 Å². The van der Waals surface area contributed by atoms with Gasteiger partial charge in [-0.05, 0) is 0 Å². The average molecular weight is 209 g/mol. The predicted molar refractivity (Wildman–Crippen MR) is 44.0 cm³/mol. The molecule has 84 valence electrons. The summed E-state index contributed by atoms with van der Waals surface area (Å²) in [6.45, 7) is -0.545. The van der Waals surface area contributed by atoms with Crippen LogP contribution in [0.3, 0.4) is 0 Å². The molecule has 7 heteroatoms. The highest BCUT2D eigenvalue weighted by atomic mass is 16.4. The normalized spacial score (nSPS) is 54.6. The van der Waals surface area contributed by atoms with Crippen LogP contribution in [0.5, 0.6) is 0 Å². The van der Waals surface area contributed by atoms with Crippen LogP contribution in [0.1, 0.15) is 0 Å². The molecule has 6 atom stereocenters. The second-order valence-corrected chi connectivity index (χ2v) is 3.56. The van der Waals surface area contributed by atoms with Gasteiger partial charge in [-0.1, -0.05) is 0 Å². The smallest absolute Gasteiger partial charge is 0.134 e. The zero-order chi connectivity index (χ0) is 11.1. The lowest BCUT2D eigenvalue weighted by molar-refractivity contribution is -0.264. The maximum absolute atomic E-state index is 9.62. The summed E-state index contributed by atoms with van der Waals surface area (Å²) >= 11 is 0. The van der Waals surface area contributed by atoms with Gasteiger partial charge in [0.05, 0.1) is 0 Å². The van der Waals surface area contributed by atoms with Crippen LogP contribution in [0.2, 0.25) is 0 Å². The molecule has 0 radical (unpaired) electrons. The van der Waals surface area contributed by atoms with Crippen molar-refractivity contribution in [3.8, 4) is 0 Å². The Morgan fingerprint density at radius 1 is 0.857 bits per heavy atom. The van der Waals surface area contributed by atoms with Crippen LogP contribution in [0, 0.1) is 0 Å². The highest BCUT2D eigenvalue weighted by molar-refractivity contribution is 5.08. The van der Waals surface area contributed by atoms with Crippen LogP contribution in [0.25, 0.3) is 0 Å². The van der Waals surface area contributed by atoms with Crippen LogP contribution in [-0.2, 0) is 0 Å². The number of rotatable bonds is 1. The summed E-state index contributed by atoms with van der Waals surface area (Å²) < 4.78 is 0. The molecule has 0 saturated heterocycles. The van der Waals surface area contributed by atoms with Crippen molar-refractivity contribution < 1.29 is 30.6 Å². The van der Waals surface area contributed by atoms with Crippen molar-refractivity contribution in [1.29, 1.82) is 0 Å². The summed E-state index contributed by atoms with van der Waals surface area (Å²) in [6, 6.07) is 0. The number of aliphatic hydroxyl groups excluding tert-OH is 5. The molecule has 0 amide bonds. The molecule has 1 saturated carbocycles. The molecular weight excluding hydrogens is 194 g/mol. The molecule has 2 unspecified atom stereocenters. The van der Waals surface area contributed by atoms with Gasteiger partial charge in [0.2, 0.25) is 0 Å². The van der Waals surface area contributed by atoms with E-state index in [4.69, 9.17) is 10.8 Å². The Morgan fingerprint density at radius 3 is 1.50 bits per heavy atom. The minimum Gasteiger partial charge on any atom is -0.387 e. The molecule has 1 rings (SSSR count). The third-order valence-corrected chi connectivity index (χ3v) is 2.70. The Kier molecular flexibility index (Phi) is 3.12. The first kappa shape index (κ1) is 11.8. The summed E-state index contributed by atoms with van der Waals surface area (Å²) in [5.74, 6) is 0. The van der Waals surface area contributed by atoms with Crippen LogP contribution >= 0.6 is 0 Å². The van der Waals surface area contributed by atoms with Crippen LogP contribution in [-0.4, -0.2) is 73.3 Å². The Labute approximate surface area is 80.0 Å². The van der Waals surface area contributed by atoms with E-state index in [2.05, 4.69) is 0 Å². The molecule has 0 spiro atoms. The quantitative estimate of drug-likeness (QED) is 0.230. The Hall–Kier alpha value is -0.280. The van der Waals surface area contributed by atoms with Crippen molar-refractivity contribution in [2.45, 2.75) is 36.1 Å². The van der Waals surface area contributed by atoms with E-state index >= 15 is 0 Å². The third kappa shape index (κ3) is 1.43. The predicted octanol–water partition coefficient (Wildman–Crippen LogP) is -4.51. The van der Waals surface area contributed by atoms with E-state index in [1.54, 1.807) is 0 Å². The SMILES string of the molecule is NCC1(O)[C@H](O)[C@@H](O)C(O)[C@@H](O)[C@@H]1O. The van der Waals surface area contributed by atoms with Crippen molar-refractivity contribution in [3.05, 3.63) is 0 Å².